The summed E-state index contributed by atoms with van der Waals surface area (Å²) < 4.78 is 12.0. The van der Waals surface area contributed by atoms with Crippen LogP contribution in [0.4, 0.5) is 5.69 Å². The van der Waals surface area contributed by atoms with Gasteiger partial charge in [0.1, 0.15) is 17.4 Å². The SMILES string of the molecule is Cc1ccc2cccc(Oc3ncnc(Oc4cccc5cccnc45)c3N)c2n1. The number of para-hydroxylation sites is 2. The molecule has 2 aromatic carbocycles. The molecule has 0 aliphatic rings. The molecule has 0 saturated carbocycles. The van der Waals surface area contributed by atoms with E-state index in [1.165, 1.54) is 6.33 Å². The number of anilines is 1. The lowest BCUT2D eigenvalue weighted by atomic mass is 10.2. The number of ether oxygens (including phenoxy) is 2. The number of nitrogens with zero attached hydrogens (tertiary/aromatic N) is 4. The summed E-state index contributed by atoms with van der Waals surface area (Å²) in [4.78, 5) is 17.3. The molecule has 0 amide bonds. The van der Waals surface area contributed by atoms with Crippen molar-refractivity contribution < 1.29 is 9.47 Å². The van der Waals surface area contributed by atoms with Gasteiger partial charge in [0.15, 0.2) is 17.2 Å². The lowest BCUT2D eigenvalue weighted by Gasteiger charge is -2.13. The number of rotatable bonds is 4. The van der Waals surface area contributed by atoms with E-state index in [9.17, 15) is 0 Å². The summed E-state index contributed by atoms with van der Waals surface area (Å²) in [5.41, 5.74) is 8.81. The van der Waals surface area contributed by atoms with Crippen molar-refractivity contribution in [3.8, 4) is 23.3 Å². The molecular formula is C23H17N5O2. The van der Waals surface area contributed by atoms with Gasteiger partial charge in [-0.15, -0.1) is 0 Å². The van der Waals surface area contributed by atoms with Gasteiger partial charge in [-0.1, -0.05) is 36.4 Å². The first-order valence-corrected chi connectivity index (χ1v) is 9.35. The highest BCUT2D eigenvalue weighted by atomic mass is 16.5. The first-order chi connectivity index (χ1) is 14.7. The highest BCUT2D eigenvalue weighted by Crippen LogP contribution is 2.36. The molecule has 7 nitrogen and oxygen atoms in total. The molecule has 0 atom stereocenters. The van der Waals surface area contributed by atoms with Crippen LogP contribution in [0.25, 0.3) is 21.8 Å². The third-order valence-corrected chi connectivity index (χ3v) is 4.64. The zero-order valence-corrected chi connectivity index (χ0v) is 16.1. The van der Waals surface area contributed by atoms with Crippen LogP contribution in [0.5, 0.6) is 23.3 Å². The highest BCUT2D eigenvalue weighted by Gasteiger charge is 2.15. The van der Waals surface area contributed by atoms with E-state index in [0.29, 0.717) is 17.0 Å². The average Bonchev–Trinajstić information content (AvgIpc) is 2.77. The van der Waals surface area contributed by atoms with Gasteiger partial charge in [0.05, 0.1) is 0 Å². The zero-order valence-electron chi connectivity index (χ0n) is 16.1. The van der Waals surface area contributed by atoms with Crippen molar-refractivity contribution in [1.29, 1.82) is 0 Å². The Hall–Kier alpha value is -4.26. The van der Waals surface area contributed by atoms with Gasteiger partial charge in [-0.25, -0.2) is 4.98 Å². The molecule has 0 unspecified atom stereocenters. The Morgan fingerprint density at radius 3 is 2.07 bits per heavy atom. The maximum Gasteiger partial charge on any atom is 0.249 e. The van der Waals surface area contributed by atoms with Gasteiger partial charge in [-0.3, -0.25) is 4.98 Å². The van der Waals surface area contributed by atoms with Gasteiger partial charge in [0.25, 0.3) is 0 Å². The van der Waals surface area contributed by atoms with Crippen LogP contribution in [-0.4, -0.2) is 19.9 Å². The largest absolute Gasteiger partial charge is 0.435 e. The number of aryl methyl sites for hydroxylation is 1. The molecule has 30 heavy (non-hydrogen) atoms. The Morgan fingerprint density at radius 2 is 1.33 bits per heavy atom. The van der Waals surface area contributed by atoms with E-state index in [1.54, 1.807) is 6.20 Å². The molecular weight excluding hydrogens is 378 g/mol. The summed E-state index contributed by atoms with van der Waals surface area (Å²) in [5, 5.41) is 1.92. The normalized spacial score (nSPS) is 11.0. The summed E-state index contributed by atoms with van der Waals surface area (Å²) in [6.45, 7) is 1.93. The zero-order chi connectivity index (χ0) is 20.5. The Morgan fingerprint density at radius 1 is 0.700 bits per heavy atom. The number of hydrogen-bond acceptors (Lipinski definition) is 7. The van der Waals surface area contributed by atoms with Crippen molar-refractivity contribution >= 4 is 27.5 Å². The fourth-order valence-corrected chi connectivity index (χ4v) is 3.19. The van der Waals surface area contributed by atoms with E-state index in [-0.39, 0.29) is 17.4 Å². The number of nitrogens with two attached hydrogens (primary N) is 1. The number of aromatic nitrogens is 4. The van der Waals surface area contributed by atoms with Gasteiger partial charge >= 0.3 is 0 Å². The number of nitrogen functional groups attached to an aromatic ring is 1. The predicted octanol–water partition coefficient (Wildman–Crippen LogP) is 5.05. The lowest BCUT2D eigenvalue weighted by Crippen LogP contribution is -2.01. The van der Waals surface area contributed by atoms with E-state index >= 15 is 0 Å². The smallest absolute Gasteiger partial charge is 0.249 e. The number of hydrogen-bond donors (Lipinski definition) is 1. The van der Waals surface area contributed by atoms with Gasteiger partial charge in [-0.05, 0) is 31.2 Å². The first kappa shape index (κ1) is 17.8. The molecule has 5 aromatic rings. The van der Waals surface area contributed by atoms with Crippen molar-refractivity contribution in [3.63, 3.8) is 0 Å². The molecule has 2 N–H and O–H groups in total. The van der Waals surface area contributed by atoms with Gasteiger partial charge in [0, 0.05) is 22.7 Å². The topological polar surface area (TPSA) is 96.0 Å². The Labute approximate surface area is 172 Å². The summed E-state index contributed by atoms with van der Waals surface area (Å²) in [5.74, 6) is 1.50. The fourth-order valence-electron chi connectivity index (χ4n) is 3.19. The molecule has 0 aliphatic heterocycles. The second kappa shape index (κ2) is 7.29. The monoisotopic (exact) mass is 395 g/mol. The van der Waals surface area contributed by atoms with E-state index in [4.69, 9.17) is 15.2 Å². The summed E-state index contributed by atoms with van der Waals surface area (Å²) >= 11 is 0. The highest BCUT2D eigenvalue weighted by molar-refractivity contribution is 5.85. The Balaban J connectivity index is 1.52. The van der Waals surface area contributed by atoms with E-state index in [2.05, 4.69) is 19.9 Å². The number of fused-ring (bicyclic) bond motifs is 2. The first-order valence-electron chi connectivity index (χ1n) is 9.35. The van der Waals surface area contributed by atoms with Gasteiger partial charge < -0.3 is 15.2 Å². The van der Waals surface area contributed by atoms with Crippen molar-refractivity contribution in [3.05, 3.63) is 78.9 Å². The van der Waals surface area contributed by atoms with Crippen molar-refractivity contribution in [1.82, 2.24) is 19.9 Å². The molecule has 0 radical (unpaired) electrons. The van der Waals surface area contributed by atoms with E-state index in [1.807, 2.05) is 67.6 Å². The van der Waals surface area contributed by atoms with Crippen LogP contribution in [0.2, 0.25) is 0 Å². The van der Waals surface area contributed by atoms with Crippen LogP contribution in [0.1, 0.15) is 5.69 Å². The summed E-state index contributed by atoms with van der Waals surface area (Å²) in [6, 6.07) is 19.1. The maximum absolute atomic E-state index is 6.28. The number of pyridine rings is 2. The number of benzene rings is 2. The fraction of sp³-hybridized carbons (Fsp3) is 0.0435. The minimum atomic E-state index is 0.190. The molecule has 5 rings (SSSR count). The maximum atomic E-state index is 6.28. The second-order valence-electron chi connectivity index (χ2n) is 6.71. The molecule has 0 bridgehead atoms. The van der Waals surface area contributed by atoms with Crippen LogP contribution in [0.15, 0.2) is 73.2 Å². The minimum Gasteiger partial charge on any atom is -0.435 e. The van der Waals surface area contributed by atoms with E-state index in [0.717, 1.165) is 22.0 Å². The van der Waals surface area contributed by atoms with Crippen molar-refractivity contribution in [2.45, 2.75) is 6.92 Å². The van der Waals surface area contributed by atoms with Crippen molar-refractivity contribution in [2.24, 2.45) is 0 Å². The molecule has 146 valence electrons. The second-order valence-corrected chi connectivity index (χ2v) is 6.71. The minimum absolute atomic E-state index is 0.190. The molecule has 0 saturated heterocycles. The molecule has 3 aromatic heterocycles. The molecule has 0 spiro atoms. The molecule has 0 fully saturated rings. The quantitative estimate of drug-likeness (QED) is 0.455. The Bertz CT molecular complexity index is 1380. The van der Waals surface area contributed by atoms with Crippen LogP contribution >= 0.6 is 0 Å². The third-order valence-electron chi connectivity index (χ3n) is 4.64. The summed E-state index contributed by atoms with van der Waals surface area (Å²) in [6.07, 6.45) is 3.06. The summed E-state index contributed by atoms with van der Waals surface area (Å²) in [7, 11) is 0. The van der Waals surface area contributed by atoms with Crippen LogP contribution in [0.3, 0.4) is 0 Å². The average molecular weight is 395 g/mol. The predicted molar refractivity (Wildman–Crippen MR) is 115 cm³/mol. The van der Waals surface area contributed by atoms with Gasteiger partial charge in [-0.2, -0.15) is 9.97 Å². The van der Waals surface area contributed by atoms with Crippen LogP contribution < -0.4 is 15.2 Å². The molecule has 3 heterocycles. The molecule has 0 aliphatic carbocycles. The standard InChI is InChI=1S/C23H17N5O2/c1-14-10-11-16-6-3-9-18(21(16)28-14)30-23-19(24)22(26-13-27-23)29-17-8-2-5-15-7-4-12-25-20(15)17/h2-13H,24H2,1H3. The van der Waals surface area contributed by atoms with Gasteiger partial charge in [0.2, 0.25) is 11.8 Å². The molecule has 7 heteroatoms. The van der Waals surface area contributed by atoms with E-state index < -0.39 is 0 Å². The Kier molecular flexibility index (Phi) is 4.33. The third kappa shape index (κ3) is 3.22. The van der Waals surface area contributed by atoms with Crippen LogP contribution in [-0.2, 0) is 0 Å². The lowest BCUT2D eigenvalue weighted by molar-refractivity contribution is 0.442. The van der Waals surface area contributed by atoms with Crippen molar-refractivity contribution in [2.75, 3.05) is 5.73 Å². The van der Waals surface area contributed by atoms with Crippen LogP contribution in [0, 0.1) is 6.92 Å².